The Hall–Kier alpha value is -2.06. The molecule has 1 amide bonds. The second kappa shape index (κ2) is 6.37. The number of nitrogens with one attached hydrogen (secondary N) is 1. The summed E-state index contributed by atoms with van der Waals surface area (Å²) in [6, 6.07) is 7.59. The monoisotopic (exact) mass is 334 g/mol. The third kappa shape index (κ3) is 3.07. The SMILES string of the molecule is CCc1nnc(NC(=O)CCn2c(=O)sc3ccccc32)s1. The van der Waals surface area contributed by atoms with Gasteiger partial charge in [0.1, 0.15) is 5.01 Å². The second-order valence-corrected chi connectivity index (χ2v) is 6.70. The summed E-state index contributed by atoms with van der Waals surface area (Å²) < 4.78 is 2.57. The van der Waals surface area contributed by atoms with Crippen LogP contribution in [0.3, 0.4) is 0 Å². The van der Waals surface area contributed by atoms with Crippen LogP contribution in [0.2, 0.25) is 0 Å². The molecule has 2 aromatic heterocycles. The van der Waals surface area contributed by atoms with Gasteiger partial charge in [0.05, 0.1) is 10.2 Å². The number of rotatable bonds is 5. The Morgan fingerprint density at radius 3 is 2.86 bits per heavy atom. The third-order valence-corrected chi connectivity index (χ3v) is 5.09. The maximum Gasteiger partial charge on any atom is 0.308 e. The number of carbonyl (C=O) groups excluding carboxylic acids is 1. The quantitative estimate of drug-likeness (QED) is 0.778. The number of fused-ring (bicyclic) bond motifs is 1. The lowest BCUT2D eigenvalue weighted by atomic mass is 10.3. The first-order valence-corrected chi connectivity index (χ1v) is 8.51. The topological polar surface area (TPSA) is 76.9 Å². The van der Waals surface area contributed by atoms with Crippen molar-refractivity contribution in [2.75, 3.05) is 5.32 Å². The van der Waals surface area contributed by atoms with Gasteiger partial charge in [-0.05, 0) is 18.6 Å². The van der Waals surface area contributed by atoms with Crippen LogP contribution in [0.4, 0.5) is 5.13 Å². The Bertz CT molecular complexity index is 865. The van der Waals surface area contributed by atoms with Crippen LogP contribution in [0.15, 0.2) is 29.1 Å². The number of aromatic nitrogens is 3. The van der Waals surface area contributed by atoms with Crippen molar-refractivity contribution < 1.29 is 4.79 Å². The van der Waals surface area contributed by atoms with Crippen LogP contribution in [0.25, 0.3) is 10.2 Å². The van der Waals surface area contributed by atoms with Gasteiger partial charge < -0.3 is 5.32 Å². The molecule has 6 nitrogen and oxygen atoms in total. The highest BCUT2D eigenvalue weighted by Crippen LogP contribution is 2.18. The van der Waals surface area contributed by atoms with Crippen molar-refractivity contribution in [3.05, 3.63) is 38.9 Å². The average Bonchev–Trinajstić information content (AvgIpc) is 3.08. The molecule has 0 saturated carbocycles. The third-order valence-electron chi connectivity index (χ3n) is 3.15. The zero-order chi connectivity index (χ0) is 15.5. The van der Waals surface area contributed by atoms with Gasteiger partial charge in [0.25, 0.3) is 0 Å². The molecule has 0 aliphatic heterocycles. The van der Waals surface area contributed by atoms with E-state index in [9.17, 15) is 9.59 Å². The molecule has 8 heteroatoms. The predicted molar refractivity (Wildman–Crippen MR) is 88.6 cm³/mol. The van der Waals surface area contributed by atoms with Crippen LogP contribution < -0.4 is 10.2 Å². The molecular weight excluding hydrogens is 320 g/mol. The lowest BCUT2D eigenvalue weighted by Crippen LogP contribution is -2.19. The molecule has 22 heavy (non-hydrogen) atoms. The maximum atomic E-state index is 12.0. The molecule has 3 rings (SSSR count). The number of aryl methyl sites for hydroxylation is 2. The fraction of sp³-hybridized carbons (Fsp3) is 0.286. The molecule has 0 spiro atoms. The lowest BCUT2D eigenvalue weighted by molar-refractivity contribution is -0.116. The van der Waals surface area contributed by atoms with Gasteiger partial charge in [0.15, 0.2) is 0 Å². The number of nitrogens with zero attached hydrogens (tertiary/aromatic N) is 3. The minimum absolute atomic E-state index is 0.0433. The first-order valence-electron chi connectivity index (χ1n) is 6.88. The molecule has 1 aromatic carbocycles. The number of anilines is 1. The Kier molecular flexibility index (Phi) is 4.30. The van der Waals surface area contributed by atoms with Gasteiger partial charge in [-0.1, -0.05) is 41.7 Å². The van der Waals surface area contributed by atoms with E-state index in [0.717, 1.165) is 21.6 Å². The van der Waals surface area contributed by atoms with E-state index in [1.807, 2.05) is 31.2 Å². The Morgan fingerprint density at radius 1 is 1.27 bits per heavy atom. The molecule has 0 bridgehead atoms. The molecule has 114 valence electrons. The van der Waals surface area contributed by atoms with Crippen LogP contribution in [-0.4, -0.2) is 20.7 Å². The predicted octanol–water partition coefficient (Wildman–Crippen LogP) is 2.51. The van der Waals surface area contributed by atoms with Crippen LogP contribution in [-0.2, 0) is 17.8 Å². The number of hydrogen-bond donors (Lipinski definition) is 1. The number of para-hydroxylation sites is 1. The number of benzene rings is 1. The summed E-state index contributed by atoms with van der Waals surface area (Å²) in [7, 11) is 0. The van der Waals surface area contributed by atoms with E-state index in [1.54, 1.807) is 4.57 Å². The Balaban J connectivity index is 1.67. The summed E-state index contributed by atoms with van der Waals surface area (Å²) in [6.07, 6.45) is 1.02. The maximum absolute atomic E-state index is 12.0. The summed E-state index contributed by atoms with van der Waals surface area (Å²) in [4.78, 5) is 23.9. The van der Waals surface area contributed by atoms with E-state index < -0.39 is 0 Å². The summed E-state index contributed by atoms with van der Waals surface area (Å²) in [5, 5.41) is 12.0. The van der Waals surface area contributed by atoms with Crippen molar-refractivity contribution in [2.45, 2.75) is 26.3 Å². The highest BCUT2D eigenvalue weighted by atomic mass is 32.1. The minimum atomic E-state index is -0.166. The molecule has 0 aliphatic rings. The molecule has 0 atom stereocenters. The van der Waals surface area contributed by atoms with E-state index in [4.69, 9.17) is 0 Å². The molecule has 3 aromatic rings. The van der Waals surface area contributed by atoms with Gasteiger partial charge in [-0.25, -0.2) is 0 Å². The average molecular weight is 334 g/mol. The largest absolute Gasteiger partial charge is 0.308 e. The fourth-order valence-corrected chi connectivity index (χ4v) is 3.68. The summed E-state index contributed by atoms with van der Waals surface area (Å²) in [5.74, 6) is -0.166. The highest BCUT2D eigenvalue weighted by molar-refractivity contribution is 7.16. The van der Waals surface area contributed by atoms with Crippen molar-refractivity contribution in [1.29, 1.82) is 0 Å². The first kappa shape index (κ1) is 14.9. The molecule has 0 aliphatic carbocycles. The van der Waals surface area contributed by atoms with Crippen molar-refractivity contribution in [3.63, 3.8) is 0 Å². The number of carbonyl (C=O) groups is 1. The van der Waals surface area contributed by atoms with Crippen molar-refractivity contribution in [2.24, 2.45) is 0 Å². The van der Waals surface area contributed by atoms with Crippen LogP contribution in [0.1, 0.15) is 18.4 Å². The van der Waals surface area contributed by atoms with Gasteiger partial charge in [0.2, 0.25) is 11.0 Å². The zero-order valence-corrected chi connectivity index (χ0v) is 13.5. The van der Waals surface area contributed by atoms with Crippen LogP contribution >= 0.6 is 22.7 Å². The molecule has 0 radical (unpaired) electrons. The summed E-state index contributed by atoms with van der Waals surface area (Å²) in [6.45, 7) is 2.34. The number of hydrogen-bond acceptors (Lipinski definition) is 6. The molecule has 0 unspecified atom stereocenters. The fourth-order valence-electron chi connectivity index (χ4n) is 2.07. The van der Waals surface area contributed by atoms with E-state index in [-0.39, 0.29) is 17.2 Å². The summed E-state index contributed by atoms with van der Waals surface area (Å²) >= 11 is 2.57. The van der Waals surface area contributed by atoms with Crippen molar-refractivity contribution in [3.8, 4) is 0 Å². The minimum Gasteiger partial charge on any atom is -0.300 e. The highest BCUT2D eigenvalue weighted by Gasteiger charge is 2.11. The van der Waals surface area contributed by atoms with E-state index in [2.05, 4.69) is 15.5 Å². The molecule has 0 saturated heterocycles. The van der Waals surface area contributed by atoms with E-state index in [0.29, 0.717) is 11.7 Å². The van der Waals surface area contributed by atoms with E-state index >= 15 is 0 Å². The Labute approximate surface area is 134 Å². The van der Waals surface area contributed by atoms with Crippen LogP contribution in [0, 0.1) is 0 Å². The van der Waals surface area contributed by atoms with Gasteiger partial charge in [0, 0.05) is 13.0 Å². The smallest absolute Gasteiger partial charge is 0.300 e. The molecular formula is C14H14N4O2S2. The second-order valence-electron chi connectivity index (χ2n) is 4.64. The standard InChI is InChI=1S/C14H14N4O2S2/c1-2-12-16-17-13(22-12)15-11(19)7-8-18-9-5-3-4-6-10(9)21-14(18)20/h3-6H,2,7-8H2,1H3,(H,15,17,19). The van der Waals surface area contributed by atoms with Gasteiger partial charge in [-0.3, -0.25) is 14.2 Å². The molecule has 2 heterocycles. The van der Waals surface area contributed by atoms with E-state index in [1.165, 1.54) is 22.7 Å². The lowest BCUT2D eigenvalue weighted by Gasteiger charge is -2.03. The molecule has 1 N–H and O–H groups in total. The number of amides is 1. The van der Waals surface area contributed by atoms with Crippen molar-refractivity contribution in [1.82, 2.24) is 14.8 Å². The number of thiazole rings is 1. The van der Waals surface area contributed by atoms with Crippen LogP contribution in [0.5, 0.6) is 0 Å². The van der Waals surface area contributed by atoms with Gasteiger partial charge in [-0.15, -0.1) is 10.2 Å². The first-order chi connectivity index (χ1) is 10.7. The van der Waals surface area contributed by atoms with Gasteiger partial charge in [-0.2, -0.15) is 0 Å². The Morgan fingerprint density at radius 2 is 2.09 bits per heavy atom. The molecule has 0 fully saturated rings. The van der Waals surface area contributed by atoms with Crippen molar-refractivity contribution >= 4 is 43.9 Å². The zero-order valence-electron chi connectivity index (χ0n) is 11.9. The normalized spacial score (nSPS) is 11.0. The summed E-state index contributed by atoms with van der Waals surface area (Å²) in [5.41, 5.74) is 0.870. The van der Waals surface area contributed by atoms with Gasteiger partial charge >= 0.3 is 4.87 Å².